The summed E-state index contributed by atoms with van der Waals surface area (Å²) in [6, 6.07) is 0. The Labute approximate surface area is 195 Å². The third-order valence-corrected chi connectivity index (χ3v) is 12.2. The summed E-state index contributed by atoms with van der Waals surface area (Å²) in [5.74, 6) is 1.43. The molecule has 3 nitrogen and oxygen atoms in total. The number of carboxylic acid groups (broad SMARTS) is 1. The molecule has 0 radical (unpaired) electrons. The van der Waals surface area contributed by atoms with Crippen molar-refractivity contribution in [3.05, 3.63) is 11.6 Å². The maximum atomic E-state index is 12.6. The number of hydrogen-bond acceptors (Lipinski definition) is 2. The maximum absolute atomic E-state index is 12.6. The van der Waals surface area contributed by atoms with E-state index in [9.17, 15) is 15.0 Å². The van der Waals surface area contributed by atoms with Crippen molar-refractivity contribution in [1.82, 2.24) is 0 Å². The van der Waals surface area contributed by atoms with E-state index in [0.717, 1.165) is 51.4 Å². The monoisotopic (exact) mass is 442 g/mol. The third kappa shape index (κ3) is 2.85. The molecule has 0 spiro atoms. The molecule has 0 aromatic carbocycles. The van der Waals surface area contributed by atoms with Crippen LogP contribution in [0.25, 0.3) is 0 Å². The topological polar surface area (TPSA) is 57.5 Å². The van der Waals surface area contributed by atoms with Gasteiger partial charge in [0, 0.05) is 0 Å². The summed E-state index contributed by atoms with van der Waals surface area (Å²) in [5.41, 5.74) is 1.75. The number of carbonyl (C=O) groups is 1. The lowest BCUT2D eigenvalue weighted by atomic mass is 9.37. The van der Waals surface area contributed by atoms with Crippen LogP contribution in [0.15, 0.2) is 11.6 Å². The average Bonchev–Trinajstić information content (AvgIpc) is 2.70. The first-order valence-electron chi connectivity index (χ1n) is 13.4. The third-order valence-electron chi connectivity index (χ3n) is 12.2. The van der Waals surface area contributed by atoms with Crippen LogP contribution in [0.4, 0.5) is 0 Å². The number of aliphatic hydroxyl groups is 1. The first kappa shape index (κ1) is 22.9. The van der Waals surface area contributed by atoms with E-state index in [1.165, 1.54) is 18.4 Å². The molecule has 0 aromatic heterocycles. The standard InChI is InChI=1S/C29H46O3/c1-25(2)15-16-29(24(31)32)14-9-19-18(20(29)17-25)7-8-22-27(19,5)12-10-21-26(3,4)23(30)11-13-28(21,22)6/h7,19-23,30H,8-17H2,1-6H3,(H,31,32)/t19?,20-,21?,22?,23-,27-,28-,29+/m0/s1. The molecule has 0 aliphatic heterocycles. The summed E-state index contributed by atoms with van der Waals surface area (Å²) in [4.78, 5) is 12.6. The summed E-state index contributed by atoms with van der Waals surface area (Å²) in [7, 11) is 0. The molecule has 0 amide bonds. The van der Waals surface area contributed by atoms with Crippen molar-refractivity contribution >= 4 is 5.97 Å². The lowest BCUT2D eigenvalue weighted by Gasteiger charge is -2.68. The quantitative estimate of drug-likeness (QED) is 0.437. The van der Waals surface area contributed by atoms with Gasteiger partial charge in [-0.3, -0.25) is 4.79 Å². The van der Waals surface area contributed by atoms with Gasteiger partial charge in [-0.1, -0.05) is 53.2 Å². The van der Waals surface area contributed by atoms with E-state index in [4.69, 9.17) is 0 Å². The van der Waals surface area contributed by atoms with Gasteiger partial charge in [-0.25, -0.2) is 0 Å². The molecule has 3 heteroatoms. The lowest BCUT2D eigenvalue weighted by molar-refractivity contribution is -0.188. The molecular formula is C29H46O3. The zero-order valence-corrected chi connectivity index (χ0v) is 21.3. The number of aliphatic hydroxyl groups excluding tert-OH is 1. The van der Waals surface area contributed by atoms with Crippen LogP contribution in [0.2, 0.25) is 0 Å². The summed E-state index contributed by atoms with van der Waals surface area (Å²) in [6.45, 7) is 14.4. The van der Waals surface area contributed by atoms with Crippen LogP contribution in [-0.2, 0) is 4.79 Å². The minimum absolute atomic E-state index is 0.0171. The van der Waals surface area contributed by atoms with E-state index in [1.54, 1.807) is 0 Å². The van der Waals surface area contributed by atoms with Crippen LogP contribution >= 0.6 is 0 Å². The number of rotatable bonds is 1. The van der Waals surface area contributed by atoms with Crippen molar-refractivity contribution in [3.63, 3.8) is 0 Å². The molecule has 4 fully saturated rings. The van der Waals surface area contributed by atoms with Crippen molar-refractivity contribution in [2.75, 3.05) is 0 Å². The SMILES string of the molecule is CC1(C)CC[C@]2(C(=O)O)CCC3C(=CCC4[C@@]3(C)CCC3C(C)(C)[C@@H](O)CC[C@@]34C)[C@@H]2C1. The van der Waals surface area contributed by atoms with Gasteiger partial charge in [0.25, 0.3) is 0 Å². The van der Waals surface area contributed by atoms with E-state index in [2.05, 4.69) is 47.6 Å². The molecule has 5 rings (SSSR count). The average molecular weight is 443 g/mol. The fraction of sp³-hybridized carbons (Fsp3) is 0.897. The normalized spacial score (nSPS) is 51.3. The second kappa shape index (κ2) is 6.86. The Bertz CT molecular complexity index is 839. The van der Waals surface area contributed by atoms with E-state index in [0.29, 0.717) is 17.8 Å². The molecule has 32 heavy (non-hydrogen) atoms. The largest absolute Gasteiger partial charge is 0.481 e. The van der Waals surface area contributed by atoms with Gasteiger partial charge in [-0.15, -0.1) is 0 Å². The van der Waals surface area contributed by atoms with Crippen molar-refractivity contribution in [3.8, 4) is 0 Å². The van der Waals surface area contributed by atoms with Crippen molar-refractivity contribution in [1.29, 1.82) is 0 Å². The first-order chi connectivity index (χ1) is 14.8. The molecule has 8 atom stereocenters. The Morgan fingerprint density at radius 2 is 1.53 bits per heavy atom. The predicted octanol–water partition coefficient (Wildman–Crippen LogP) is 6.84. The molecule has 5 aliphatic rings. The van der Waals surface area contributed by atoms with Gasteiger partial charge < -0.3 is 10.2 Å². The van der Waals surface area contributed by atoms with Gasteiger partial charge in [-0.2, -0.15) is 0 Å². The van der Waals surface area contributed by atoms with E-state index < -0.39 is 11.4 Å². The van der Waals surface area contributed by atoms with E-state index >= 15 is 0 Å². The second-order valence-corrected chi connectivity index (χ2v) is 14.4. The van der Waals surface area contributed by atoms with Crippen LogP contribution in [0, 0.1) is 50.7 Å². The Balaban J connectivity index is 1.55. The number of carboxylic acids is 1. The summed E-state index contributed by atoms with van der Waals surface area (Å²) >= 11 is 0. The fourth-order valence-electron chi connectivity index (χ4n) is 10.3. The maximum Gasteiger partial charge on any atom is 0.310 e. The summed E-state index contributed by atoms with van der Waals surface area (Å²) < 4.78 is 0. The minimum Gasteiger partial charge on any atom is -0.481 e. The highest BCUT2D eigenvalue weighted by Gasteiger charge is 2.65. The molecule has 0 saturated heterocycles. The van der Waals surface area contributed by atoms with Gasteiger partial charge in [0.15, 0.2) is 0 Å². The van der Waals surface area contributed by atoms with Gasteiger partial charge in [0.1, 0.15) is 0 Å². The Hall–Kier alpha value is -0.830. The fourth-order valence-corrected chi connectivity index (χ4v) is 10.3. The number of fused-ring (bicyclic) bond motifs is 7. The van der Waals surface area contributed by atoms with Crippen LogP contribution in [0.1, 0.15) is 106 Å². The van der Waals surface area contributed by atoms with Gasteiger partial charge in [-0.05, 0) is 110 Å². The Morgan fingerprint density at radius 1 is 0.844 bits per heavy atom. The van der Waals surface area contributed by atoms with Crippen LogP contribution in [0.3, 0.4) is 0 Å². The Morgan fingerprint density at radius 3 is 2.22 bits per heavy atom. The molecular weight excluding hydrogens is 396 g/mol. The first-order valence-corrected chi connectivity index (χ1v) is 13.4. The molecule has 180 valence electrons. The van der Waals surface area contributed by atoms with Crippen LogP contribution in [-0.4, -0.2) is 22.3 Å². The van der Waals surface area contributed by atoms with Crippen molar-refractivity contribution < 1.29 is 15.0 Å². The smallest absolute Gasteiger partial charge is 0.310 e. The number of aliphatic carboxylic acids is 1. The molecule has 2 N–H and O–H groups in total. The minimum atomic E-state index is -0.539. The highest BCUT2D eigenvalue weighted by Crippen LogP contribution is 2.72. The summed E-state index contributed by atoms with van der Waals surface area (Å²) in [5, 5.41) is 21.2. The van der Waals surface area contributed by atoms with Gasteiger partial charge in [0.05, 0.1) is 11.5 Å². The molecule has 5 aliphatic carbocycles. The van der Waals surface area contributed by atoms with Gasteiger partial charge in [0.2, 0.25) is 0 Å². The molecule has 0 bridgehead atoms. The van der Waals surface area contributed by atoms with E-state index in [1.807, 2.05) is 0 Å². The number of hydrogen-bond donors (Lipinski definition) is 2. The Kier molecular flexibility index (Phi) is 4.92. The van der Waals surface area contributed by atoms with Gasteiger partial charge >= 0.3 is 5.97 Å². The van der Waals surface area contributed by atoms with Crippen molar-refractivity contribution in [2.45, 2.75) is 112 Å². The summed E-state index contributed by atoms with van der Waals surface area (Å²) in [6.07, 6.45) is 12.8. The van der Waals surface area contributed by atoms with Crippen molar-refractivity contribution in [2.24, 2.45) is 50.7 Å². The van der Waals surface area contributed by atoms with E-state index in [-0.39, 0.29) is 33.7 Å². The predicted molar refractivity (Wildman–Crippen MR) is 128 cm³/mol. The molecule has 4 saturated carbocycles. The molecule has 0 aromatic rings. The second-order valence-electron chi connectivity index (χ2n) is 14.4. The molecule has 0 heterocycles. The zero-order valence-electron chi connectivity index (χ0n) is 21.3. The van der Waals surface area contributed by atoms with Crippen LogP contribution in [0.5, 0.6) is 0 Å². The lowest BCUT2D eigenvalue weighted by Crippen LogP contribution is -2.62. The highest BCUT2D eigenvalue weighted by molar-refractivity contribution is 5.76. The number of allylic oxidation sites excluding steroid dienone is 2. The van der Waals surface area contributed by atoms with Crippen LogP contribution < -0.4 is 0 Å². The highest BCUT2D eigenvalue weighted by atomic mass is 16.4. The zero-order chi connectivity index (χ0) is 23.3. The molecule has 3 unspecified atom stereocenters.